The van der Waals surface area contributed by atoms with Crippen molar-refractivity contribution in [3.05, 3.63) is 0 Å². The fourth-order valence-electron chi connectivity index (χ4n) is 1.89. The first-order valence-corrected chi connectivity index (χ1v) is 6.30. The molecule has 0 aromatic heterocycles. The third-order valence-electron chi connectivity index (χ3n) is 2.86. The second-order valence-electron chi connectivity index (χ2n) is 4.52. The fraction of sp³-hybridized carbons (Fsp3) is 0.667. The van der Waals surface area contributed by atoms with Gasteiger partial charge in [-0.3, -0.25) is 14.4 Å². The Kier molecular flexibility index (Phi) is 5.47. The first-order chi connectivity index (χ1) is 8.93. The third kappa shape index (κ3) is 4.69. The molecule has 106 valence electrons. The standard InChI is InChI=1S/C12H19N3O4/c1-3-4-8(7-11(17)18)13-12(19)9-5-6-10(16)15(2)14-9/h8H,3-7H2,1-2H3,(H,13,19)(H,17,18). The van der Waals surface area contributed by atoms with Gasteiger partial charge in [0.2, 0.25) is 5.91 Å². The normalized spacial score (nSPS) is 16.8. The maximum absolute atomic E-state index is 11.9. The van der Waals surface area contributed by atoms with Crippen LogP contribution in [0.2, 0.25) is 0 Å². The van der Waals surface area contributed by atoms with Gasteiger partial charge in [0, 0.05) is 25.9 Å². The summed E-state index contributed by atoms with van der Waals surface area (Å²) in [5, 5.41) is 16.5. The summed E-state index contributed by atoms with van der Waals surface area (Å²) in [5.41, 5.74) is 0.272. The van der Waals surface area contributed by atoms with E-state index in [4.69, 9.17) is 5.11 Å². The zero-order valence-corrected chi connectivity index (χ0v) is 11.2. The molecule has 0 aromatic carbocycles. The molecular formula is C12H19N3O4. The van der Waals surface area contributed by atoms with Gasteiger partial charge in [0.15, 0.2) is 0 Å². The minimum Gasteiger partial charge on any atom is -0.481 e. The zero-order chi connectivity index (χ0) is 14.4. The Morgan fingerprint density at radius 3 is 2.68 bits per heavy atom. The minimum absolute atomic E-state index is 0.109. The SMILES string of the molecule is CCCC(CC(=O)O)NC(=O)C1=NN(C)C(=O)CC1. The Morgan fingerprint density at radius 1 is 1.47 bits per heavy atom. The van der Waals surface area contributed by atoms with Crippen LogP contribution < -0.4 is 5.32 Å². The molecule has 2 amide bonds. The van der Waals surface area contributed by atoms with Crippen molar-refractivity contribution in [3.8, 4) is 0 Å². The molecule has 19 heavy (non-hydrogen) atoms. The summed E-state index contributed by atoms with van der Waals surface area (Å²) in [6.07, 6.45) is 1.81. The predicted molar refractivity (Wildman–Crippen MR) is 68.5 cm³/mol. The molecule has 7 nitrogen and oxygen atoms in total. The van der Waals surface area contributed by atoms with Gasteiger partial charge in [-0.25, -0.2) is 5.01 Å². The molecule has 0 spiro atoms. The van der Waals surface area contributed by atoms with Crippen LogP contribution in [0.15, 0.2) is 5.10 Å². The Hall–Kier alpha value is -1.92. The Bertz CT molecular complexity index is 406. The van der Waals surface area contributed by atoms with Crippen LogP contribution in [0.4, 0.5) is 0 Å². The van der Waals surface area contributed by atoms with E-state index in [-0.39, 0.29) is 30.4 Å². The van der Waals surface area contributed by atoms with Crippen LogP contribution in [-0.2, 0) is 14.4 Å². The van der Waals surface area contributed by atoms with E-state index >= 15 is 0 Å². The highest BCUT2D eigenvalue weighted by Crippen LogP contribution is 2.08. The number of carbonyl (C=O) groups excluding carboxylic acids is 2. The Labute approximate surface area is 111 Å². The summed E-state index contributed by atoms with van der Waals surface area (Å²) >= 11 is 0. The highest BCUT2D eigenvalue weighted by Gasteiger charge is 2.24. The Morgan fingerprint density at radius 2 is 2.16 bits per heavy atom. The number of aliphatic carboxylic acids is 1. The van der Waals surface area contributed by atoms with E-state index in [1.54, 1.807) is 0 Å². The van der Waals surface area contributed by atoms with Crippen molar-refractivity contribution < 1.29 is 19.5 Å². The lowest BCUT2D eigenvalue weighted by Crippen LogP contribution is -2.43. The molecule has 1 atom stereocenters. The lowest BCUT2D eigenvalue weighted by atomic mass is 10.1. The maximum Gasteiger partial charge on any atom is 0.305 e. The van der Waals surface area contributed by atoms with Gasteiger partial charge in [0.05, 0.1) is 6.42 Å². The van der Waals surface area contributed by atoms with Gasteiger partial charge in [0.25, 0.3) is 5.91 Å². The van der Waals surface area contributed by atoms with Gasteiger partial charge in [-0.2, -0.15) is 5.10 Å². The molecule has 0 fully saturated rings. The van der Waals surface area contributed by atoms with Gasteiger partial charge >= 0.3 is 5.97 Å². The van der Waals surface area contributed by atoms with Gasteiger partial charge in [-0.1, -0.05) is 13.3 Å². The quantitative estimate of drug-likeness (QED) is 0.727. The van der Waals surface area contributed by atoms with Crippen molar-refractivity contribution in [2.24, 2.45) is 5.10 Å². The number of rotatable bonds is 6. The van der Waals surface area contributed by atoms with Gasteiger partial charge in [-0.15, -0.1) is 0 Å². The second-order valence-corrected chi connectivity index (χ2v) is 4.52. The van der Waals surface area contributed by atoms with Crippen molar-refractivity contribution in [1.82, 2.24) is 10.3 Å². The number of amides is 2. The predicted octanol–water partition coefficient (Wildman–Crippen LogP) is 0.354. The van der Waals surface area contributed by atoms with Crippen LogP contribution >= 0.6 is 0 Å². The van der Waals surface area contributed by atoms with Crippen molar-refractivity contribution in [2.45, 2.75) is 45.1 Å². The summed E-state index contributed by atoms with van der Waals surface area (Å²) in [6, 6.07) is -0.402. The molecule has 2 N–H and O–H groups in total. The molecule has 7 heteroatoms. The van der Waals surface area contributed by atoms with Crippen LogP contribution in [0.1, 0.15) is 39.0 Å². The number of carboxylic acid groups (broad SMARTS) is 1. The van der Waals surface area contributed by atoms with Crippen molar-refractivity contribution in [1.29, 1.82) is 0 Å². The third-order valence-corrected chi connectivity index (χ3v) is 2.86. The monoisotopic (exact) mass is 269 g/mol. The summed E-state index contributed by atoms with van der Waals surface area (Å²) in [6.45, 7) is 1.92. The smallest absolute Gasteiger partial charge is 0.305 e. The van der Waals surface area contributed by atoms with Crippen LogP contribution in [0, 0.1) is 0 Å². The number of hydrazone groups is 1. The van der Waals surface area contributed by atoms with Crippen molar-refractivity contribution >= 4 is 23.5 Å². The number of carbonyl (C=O) groups is 3. The van der Waals surface area contributed by atoms with Gasteiger partial charge in [-0.05, 0) is 6.42 Å². The molecular weight excluding hydrogens is 250 g/mol. The number of hydrogen-bond donors (Lipinski definition) is 2. The van der Waals surface area contributed by atoms with Gasteiger partial charge in [0.1, 0.15) is 5.71 Å². The molecule has 0 radical (unpaired) electrons. The zero-order valence-electron chi connectivity index (χ0n) is 11.2. The number of nitrogens with one attached hydrogen (secondary N) is 1. The molecule has 1 aliphatic heterocycles. The molecule has 0 aliphatic carbocycles. The molecule has 1 rings (SSSR count). The lowest BCUT2D eigenvalue weighted by Gasteiger charge is -2.21. The molecule has 0 aromatic rings. The van der Waals surface area contributed by atoms with Crippen molar-refractivity contribution in [2.75, 3.05) is 7.05 Å². The first-order valence-electron chi connectivity index (χ1n) is 6.30. The summed E-state index contributed by atoms with van der Waals surface area (Å²) in [5.74, 6) is -1.47. The van der Waals surface area contributed by atoms with Crippen LogP contribution in [-0.4, -0.2) is 46.7 Å². The van der Waals surface area contributed by atoms with E-state index in [0.29, 0.717) is 12.8 Å². The first kappa shape index (κ1) is 15.1. The van der Waals surface area contributed by atoms with E-state index in [2.05, 4.69) is 10.4 Å². The summed E-state index contributed by atoms with van der Waals surface area (Å²) < 4.78 is 0. The second kappa shape index (κ2) is 6.86. The largest absolute Gasteiger partial charge is 0.481 e. The number of nitrogens with zero attached hydrogens (tertiary/aromatic N) is 2. The fourth-order valence-corrected chi connectivity index (χ4v) is 1.89. The topological polar surface area (TPSA) is 99.1 Å². The number of carboxylic acids is 1. The van der Waals surface area contributed by atoms with Gasteiger partial charge < -0.3 is 10.4 Å². The van der Waals surface area contributed by atoms with E-state index in [1.807, 2.05) is 6.92 Å². The molecule has 0 bridgehead atoms. The summed E-state index contributed by atoms with van der Waals surface area (Å²) in [7, 11) is 1.50. The molecule has 1 heterocycles. The van der Waals surface area contributed by atoms with Crippen LogP contribution in [0.5, 0.6) is 0 Å². The molecule has 0 saturated carbocycles. The van der Waals surface area contributed by atoms with Crippen LogP contribution in [0.25, 0.3) is 0 Å². The average Bonchev–Trinajstić information content (AvgIpc) is 2.32. The van der Waals surface area contributed by atoms with E-state index in [9.17, 15) is 14.4 Å². The molecule has 0 saturated heterocycles. The van der Waals surface area contributed by atoms with Crippen molar-refractivity contribution in [3.63, 3.8) is 0 Å². The van der Waals surface area contributed by atoms with E-state index in [1.165, 1.54) is 7.05 Å². The lowest BCUT2D eigenvalue weighted by molar-refractivity contribution is -0.137. The molecule has 1 aliphatic rings. The summed E-state index contributed by atoms with van der Waals surface area (Å²) in [4.78, 5) is 33.9. The average molecular weight is 269 g/mol. The minimum atomic E-state index is -0.948. The highest BCUT2D eigenvalue weighted by atomic mass is 16.4. The van der Waals surface area contributed by atoms with Crippen LogP contribution in [0.3, 0.4) is 0 Å². The Balaban J connectivity index is 2.64. The van der Waals surface area contributed by atoms with E-state index < -0.39 is 12.0 Å². The number of hydrogen-bond acceptors (Lipinski definition) is 4. The molecule has 1 unspecified atom stereocenters. The maximum atomic E-state index is 11.9. The van der Waals surface area contributed by atoms with E-state index in [0.717, 1.165) is 11.4 Å². The highest BCUT2D eigenvalue weighted by molar-refractivity contribution is 6.39.